The van der Waals surface area contributed by atoms with Crippen molar-refractivity contribution in [1.29, 1.82) is 0 Å². The lowest BCUT2D eigenvalue weighted by atomic mass is 9.98. The van der Waals surface area contributed by atoms with E-state index in [1.54, 1.807) is 42.5 Å². The predicted molar refractivity (Wildman–Crippen MR) is 170 cm³/mol. The van der Waals surface area contributed by atoms with Crippen LogP contribution in [0.25, 0.3) is 44.3 Å². The van der Waals surface area contributed by atoms with Crippen LogP contribution in [0.1, 0.15) is 22.3 Å². The van der Waals surface area contributed by atoms with Crippen molar-refractivity contribution in [3.8, 4) is 22.5 Å². The van der Waals surface area contributed by atoms with E-state index in [0.717, 1.165) is 24.3 Å². The normalized spacial score (nSPS) is 11.9. The molecule has 0 atom stereocenters. The van der Waals surface area contributed by atoms with Gasteiger partial charge in [-0.1, -0.05) is 47.5 Å². The van der Waals surface area contributed by atoms with Crippen molar-refractivity contribution in [1.82, 2.24) is 9.97 Å². The average Bonchev–Trinajstić information content (AvgIpc) is 3.03. The van der Waals surface area contributed by atoms with Gasteiger partial charge >= 0.3 is 12.4 Å². The number of aromatic nitrogens is 2. The molecular formula is C34H19Cl3F8N2O. The van der Waals surface area contributed by atoms with Crippen LogP contribution in [0.4, 0.5) is 35.1 Å². The maximum Gasteiger partial charge on any atom is 0.417 e. The van der Waals surface area contributed by atoms with E-state index in [-0.39, 0.29) is 38.9 Å². The number of hydrogen-bond donors (Lipinski definition) is 1. The molecular weight excluding hydrogens is 711 g/mol. The number of hydrogen-bond acceptors (Lipinski definition) is 3. The lowest BCUT2D eigenvalue weighted by Crippen LogP contribution is -2.09. The molecule has 0 aliphatic rings. The summed E-state index contributed by atoms with van der Waals surface area (Å²) in [6.07, 6.45) is -9.34. The summed E-state index contributed by atoms with van der Waals surface area (Å²) in [5.74, 6) is -1.69. The van der Waals surface area contributed by atoms with Crippen LogP contribution in [0.3, 0.4) is 0 Å². The van der Waals surface area contributed by atoms with Crippen molar-refractivity contribution in [3.05, 3.63) is 129 Å². The molecule has 0 aliphatic carbocycles. The smallest absolute Gasteiger partial charge is 0.392 e. The Bertz CT molecular complexity index is 2000. The molecule has 0 amide bonds. The summed E-state index contributed by atoms with van der Waals surface area (Å²) in [6.45, 7) is -0.543. The molecule has 0 fully saturated rings. The lowest BCUT2D eigenvalue weighted by molar-refractivity contribution is -0.138. The molecule has 48 heavy (non-hydrogen) atoms. The first-order valence-corrected chi connectivity index (χ1v) is 15.0. The van der Waals surface area contributed by atoms with Crippen molar-refractivity contribution < 1.29 is 40.2 Å². The zero-order valence-electron chi connectivity index (χ0n) is 24.0. The largest absolute Gasteiger partial charge is 0.417 e. The van der Waals surface area contributed by atoms with Gasteiger partial charge in [0.05, 0.1) is 50.2 Å². The Morgan fingerprint density at radius 3 is 1.40 bits per heavy atom. The summed E-state index contributed by atoms with van der Waals surface area (Å²) >= 11 is 18.0. The van der Waals surface area contributed by atoms with Crippen molar-refractivity contribution in [2.75, 3.05) is 0 Å². The summed E-state index contributed by atoms with van der Waals surface area (Å²) in [5, 5.41) is 11.3. The third-order valence-electron chi connectivity index (χ3n) is 7.15. The highest BCUT2D eigenvalue weighted by Gasteiger charge is 2.36. The summed E-state index contributed by atoms with van der Waals surface area (Å²) in [6, 6.07) is 17.4. The molecule has 4 aromatic carbocycles. The molecule has 248 valence electrons. The second-order valence-electron chi connectivity index (χ2n) is 10.3. The maximum absolute atomic E-state index is 13.6. The van der Waals surface area contributed by atoms with Crippen molar-refractivity contribution >= 4 is 56.6 Å². The maximum atomic E-state index is 13.6. The van der Waals surface area contributed by atoms with Crippen LogP contribution >= 0.6 is 34.8 Å². The van der Waals surface area contributed by atoms with Crippen LogP contribution in [0.15, 0.2) is 84.9 Å². The van der Waals surface area contributed by atoms with Crippen LogP contribution in [-0.4, -0.2) is 15.1 Å². The Kier molecular flexibility index (Phi) is 10.2. The molecule has 0 spiro atoms. The summed E-state index contributed by atoms with van der Waals surface area (Å²) in [5.41, 5.74) is -1.85. The van der Waals surface area contributed by atoms with E-state index in [4.69, 9.17) is 34.8 Å². The zero-order valence-corrected chi connectivity index (χ0v) is 26.3. The average molecular weight is 730 g/mol. The Labute approximate surface area is 282 Å². The number of fused-ring (bicyclic) bond motifs is 2. The van der Waals surface area contributed by atoms with Gasteiger partial charge in [0, 0.05) is 33.3 Å². The van der Waals surface area contributed by atoms with E-state index >= 15 is 0 Å². The molecule has 0 bridgehead atoms. The predicted octanol–water partition coefficient (Wildman–Crippen LogP) is 11.7. The quantitative estimate of drug-likeness (QED) is 0.145. The molecule has 0 unspecified atom stereocenters. The van der Waals surface area contributed by atoms with Crippen LogP contribution in [0.2, 0.25) is 10.0 Å². The molecule has 2 heterocycles. The number of halogens is 11. The van der Waals surface area contributed by atoms with E-state index in [1.165, 1.54) is 6.07 Å². The third-order valence-corrected chi connectivity index (χ3v) is 8.05. The Morgan fingerprint density at radius 2 is 1.00 bits per heavy atom. The number of benzene rings is 4. The first-order chi connectivity index (χ1) is 22.6. The number of aliphatic hydroxyl groups is 1. The fourth-order valence-corrected chi connectivity index (χ4v) is 5.67. The van der Waals surface area contributed by atoms with Crippen molar-refractivity contribution in [2.45, 2.75) is 24.8 Å². The monoisotopic (exact) mass is 728 g/mol. The Morgan fingerprint density at radius 1 is 0.583 bits per heavy atom. The Balaban J connectivity index is 0.000000188. The van der Waals surface area contributed by atoms with Crippen LogP contribution < -0.4 is 0 Å². The molecule has 0 aliphatic heterocycles. The molecule has 0 saturated heterocycles. The molecule has 0 saturated carbocycles. The van der Waals surface area contributed by atoms with Gasteiger partial charge in [0.1, 0.15) is 11.6 Å². The number of rotatable bonds is 4. The number of pyridine rings is 2. The molecule has 2 aromatic heterocycles. The highest BCUT2D eigenvalue weighted by atomic mass is 35.5. The zero-order chi connectivity index (χ0) is 35.0. The molecule has 14 heteroatoms. The molecule has 6 rings (SSSR count). The third kappa shape index (κ3) is 7.34. The molecule has 0 radical (unpaired) electrons. The van der Waals surface area contributed by atoms with E-state index in [2.05, 4.69) is 9.97 Å². The van der Waals surface area contributed by atoms with Gasteiger partial charge in [-0.05, 0) is 66.2 Å². The van der Waals surface area contributed by atoms with Crippen LogP contribution in [0, 0.1) is 11.6 Å². The van der Waals surface area contributed by atoms with Gasteiger partial charge < -0.3 is 5.11 Å². The van der Waals surface area contributed by atoms with E-state index in [1.807, 2.05) is 0 Å². The second kappa shape index (κ2) is 13.8. The summed E-state index contributed by atoms with van der Waals surface area (Å²) < 4.78 is 107. The SMILES string of the molecule is Fc1ccc(C(F)(F)F)c(-c2nc3c(Cl)cccc3cc2CCl)c1.OCc1cc2cccc(Cl)c2nc1-c1cc(F)ccc1C(F)(F)F. The van der Waals surface area contributed by atoms with E-state index in [9.17, 15) is 40.2 Å². The minimum absolute atomic E-state index is 0.0302. The minimum atomic E-state index is -4.69. The van der Waals surface area contributed by atoms with Gasteiger partial charge in [0.15, 0.2) is 0 Å². The summed E-state index contributed by atoms with van der Waals surface area (Å²) in [4.78, 5) is 8.42. The van der Waals surface area contributed by atoms with Gasteiger partial charge in [-0.15, -0.1) is 11.6 Å². The standard InChI is InChI=1S/C17H9Cl2F4N.C17H10ClF4NO/c18-8-10-6-9-2-1-3-14(19)16(9)24-15(10)12-7-11(20)4-5-13(12)17(21,22)23;18-14-3-1-2-9-6-10(8-24)15(23-16(9)14)12-7-11(19)4-5-13(12)17(20,21)22/h1-7H,8H2;1-7,24H,8H2. The number of aliphatic hydroxyl groups excluding tert-OH is 1. The first kappa shape index (κ1) is 35.3. The topological polar surface area (TPSA) is 46.0 Å². The van der Waals surface area contributed by atoms with Crippen molar-refractivity contribution in [2.24, 2.45) is 0 Å². The van der Waals surface area contributed by atoms with Gasteiger partial charge in [0.2, 0.25) is 0 Å². The summed E-state index contributed by atoms with van der Waals surface area (Å²) in [7, 11) is 0. The van der Waals surface area contributed by atoms with E-state index < -0.39 is 47.3 Å². The number of alkyl halides is 7. The Hall–Kier alpha value is -4.03. The lowest BCUT2D eigenvalue weighted by Gasteiger charge is -2.15. The van der Waals surface area contributed by atoms with Gasteiger partial charge in [-0.3, -0.25) is 0 Å². The van der Waals surface area contributed by atoms with Gasteiger partial charge in [-0.25, -0.2) is 18.7 Å². The first-order valence-electron chi connectivity index (χ1n) is 13.7. The van der Waals surface area contributed by atoms with Crippen molar-refractivity contribution in [3.63, 3.8) is 0 Å². The molecule has 1 N–H and O–H groups in total. The van der Waals surface area contributed by atoms with Crippen LogP contribution in [0.5, 0.6) is 0 Å². The minimum Gasteiger partial charge on any atom is -0.392 e. The molecule has 3 nitrogen and oxygen atoms in total. The van der Waals surface area contributed by atoms with Crippen LogP contribution in [-0.2, 0) is 24.8 Å². The molecule has 6 aromatic rings. The fraction of sp³-hybridized carbons (Fsp3) is 0.118. The van der Waals surface area contributed by atoms with Gasteiger partial charge in [-0.2, -0.15) is 26.3 Å². The highest BCUT2D eigenvalue weighted by Crippen LogP contribution is 2.41. The fourth-order valence-electron chi connectivity index (χ4n) is 5.02. The second-order valence-corrected chi connectivity index (χ2v) is 11.4. The van der Waals surface area contributed by atoms with Gasteiger partial charge in [0.25, 0.3) is 0 Å². The van der Waals surface area contributed by atoms with E-state index in [0.29, 0.717) is 39.0 Å². The highest BCUT2D eigenvalue weighted by molar-refractivity contribution is 6.35. The number of nitrogens with zero attached hydrogens (tertiary/aromatic N) is 2. The number of para-hydroxylation sites is 2.